The smallest absolute Gasteiger partial charge is 0.233 e. The van der Waals surface area contributed by atoms with Gasteiger partial charge in [0.1, 0.15) is 21.8 Å². The molecule has 0 saturated heterocycles. The van der Waals surface area contributed by atoms with Gasteiger partial charge in [0.05, 0.1) is 22.8 Å². The molecule has 0 fully saturated rings. The van der Waals surface area contributed by atoms with E-state index in [9.17, 15) is 8.42 Å². The number of nitrogens with two attached hydrogens (primary N) is 1. The highest BCUT2D eigenvalue weighted by molar-refractivity contribution is 7.94. The highest BCUT2D eigenvalue weighted by atomic mass is 32.2. The molecular weight excluding hydrogens is 542 g/mol. The number of amidine groups is 2. The lowest BCUT2D eigenvalue weighted by Crippen LogP contribution is -2.59. The first kappa shape index (κ1) is 30.2. The van der Waals surface area contributed by atoms with E-state index in [0.29, 0.717) is 47.4 Å². The van der Waals surface area contributed by atoms with Crippen LogP contribution in [0.15, 0.2) is 45.0 Å². The Labute approximate surface area is 241 Å². The lowest BCUT2D eigenvalue weighted by molar-refractivity contribution is 0.240. The van der Waals surface area contributed by atoms with Gasteiger partial charge < -0.3 is 20.3 Å². The monoisotopic (exact) mass is 581 g/mol. The third-order valence-corrected chi connectivity index (χ3v) is 10.9. The molecule has 0 spiro atoms. The first-order valence-corrected chi connectivity index (χ1v) is 15.2. The first-order chi connectivity index (χ1) is 19.3. The van der Waals surface area contributed by atoms with Crippen molar-refractivity contribution in [3.63, 3.8) is 0 Å². The van der Waals surface area contributed by atoms with Gasteiger partial charge in [-0.1, -0.05) is 25.1 Å². The van der Waals surface area contributed by atoms with Crippen LogP contribution in [0.4, 0.5) is 5.69 Å². The summed E-state index contributed by atoms with van der Waals surface area (Å²) in [5, 5.41) is 6.48. The summed E-state index contributed by atoms with van der Waals surface area (Å²) in [5.74, 6) is 1.59. The number of benzene rings is 1. The number of anilines is 1. The van der Waals surface area contributed by atoms with E-state index in [1.165, 1.54) is 0 Å². The average Bonchev–Trinajstić information content (AvgIpc) is 3.35. The zero-order valence-corrected chi connectivity index (χ0v) is 25.8. The molecule has 3 N–H and O–H groups in total. The highest BCUT2D eigenvalue weighted by Gasteiger charge is 2.55. The van der Waals surface area contributed by atoms with E-state index in [1.807, 2.05) is 52.8 Å². The zero-order valence-electron chi connectivity index (χ0n) is 24.9. The van der Waals surface area contributed by atoms with Crippen LogP contribution < -0.4 is 15.8 Å². The molecule has 12 heteroatoms. The molecule has 1 aromatic carbocycles. The Morgan fingerprint density at radius 1 is 1.20 bits per heavy atom. The van der Waals surface area contributed by atoms with Gasteiger partial charge in [-0.3, -0.25) is 9.98 Å². The van der Waals surface area contributed by atoms with Crippen molar-refractivity contribution in [2.24, 2.45) is 15.7 Å². The van der Waals surface area contributed by atoms with E-state index < -0.39 is 25.4 Å². The quantitative estimate of drug-likeness (QED) is 0.293. The molecule has 3 heterocycles. The minimum Gasteiger partial charge on any atom is -0.468 e. The molecule has 0 aliphatic carbocycles. The minimum absolute atomic E-state index is 0.113. The number of aryl methyl sites for hydroxylation is 3. The summed E-state index contributed by atoms with van der Waals surface area (Å²) in [6.45, 7) is 12.9. The number of hydrogen-bond donors (Lipinski definition) is 2. The molecule has 1 aliphatic rings. The van der Waals surface area contributed by atoms with E-state index >= 15 is 0 Å². The molecule has 0 amide bonds. The summed E-state index contributed by atoms with van der Waals surface area (Å²) >= 11 is 0. The Morgan fingerprint density at radius 3 is 2.54 bits per heavy atom. The maximum atomic E-state index is 13.7. The fourth-order valence-electron chi connectivity index (χ4n) is 5.27. The average molecular weight is 582 g/mol. The van der Waals surface area contributed by atoms with E-state index in [0.717, 1.165) is 16.8 Å². The van der Waals surface area contributed by atoms with Crippen molar-refractivity contribution in [3.05, 3.63) is 64.4 Å². The van der Waals surface area contributed by atoms with Gasteiger partial charge in [-0.2, -0.15) is 0 Å². The number of ether oxygens (including phenoxy) is 1. The van der Waals surface area contributed by atoms with Crippen LogP contribution >= 0.6 is 0 Å². The second kappa shape index (κ2) is 11.2. The largest absolute Gasteiger partial charge is 0.468 e. The number of sulfone groups is 1. The van der Waals surface area contributed by atoms with Gasteiger partial charge in [0, 0.05) is 18.8 Å². The Kier molecular flexibility index (Phi) is 8.26. The van der Waals surface area contributed by atoms with Crippen LogP contribution in [-0.4, -0.2) is 52.3 Å². The van der Waals surface area contributed by atoms with Crippen LogP contribution in [0.5, 0.6) is 5.88 Å². The summed E-state index contributed by atoms with van der Waals surface area (Å²) in [5.41, 5.74) is 9.69. The minimum atomic E-state index is -3.63. The SMILES string of the molecule is CCc1nc(OCc2cc(C)no2)cnc1C(=NC)Nc1ccc(C)c(C2(C)N=C(N)C(C)(C)S(=O)(=O)C2CC)c1. The molecule has 0 radical (unpaired) electrons. The van der Waals surface area contributed by atoms with E-state index in [2.05, 4.69) is 25.4 Å². The van der Waals surface area contributed by atoms with Gasteiger partial charge in [0.2, 0.25) is 5.88 Å². The van der Waals surface area contributed by atoms with E-state index in [4.69, 9.17) is 20.0 Å². The van der Waals surface area contributed by atoms with Crippen LogP contribution in [0.3, 0.4) is 0 Å². The summed E-state index contributed by atoms with van der Waals surface area (Å²) in [7, 11) is -1.96. The third kappa shape index (κ3) is 5.44. The van der Waals surface area contributed by atoms with Gasteiger partial charge in [0.25, 0.3) is 0 Å². The number of rotatable bonds is 8. The van der Waals surface area contributed by atoms with Crippen LogP contribution in [0.2, 0.25) is 0 Å². The topological polar surface area (TPSA) is 158 Å². The highest BCUT2D eigenvalue weighted by Crippen LogP contribution is 2.45. The Morgan fingerprint density at radius 2 is 1.93 bits per heavy atom. The first-order valence-electron chi connectivity index (χ1n) is 13.6. The number of nitrogens with zero attached hydrogens (tertiary/aromatic N) is 5. The molecule has 41 heavy (non-hydrogen) atoms. The normalized spacial score (nSPS) is 21.8. The Balaban J connectivity index is 1.66. The predicted molar refractivity (Wildman–Crippen MR) is 160 cm³/mol. The molecule has 2 atom stereocenters. The van der Waals surface area contributed by atoms with E-state index in [-0.39, 0.29) is 12.4 Å². The van der Waals surface area contributed by atoms with Crippen LogP contribution in [0, 0.1) is 13.8 Å². The number of aromatic nitrogens is 3. The second-order valence-electron chi connectivity index (χ2n) is 10.9. The second-order valence-corrected chi connectivity index (χ2v) is 13.6. The van der Waals surface area contributed by atoms with Crippen LogP contribution in [0.1, 0.15) is 75.0 Å². The lowest BCUT2D eigenvalue weighted by Gasteiger charge is -2.44. The van der Waals surface area contributed by atoms with Crippen LogP contribution in [0.25, 0.3) is 0 Å². The molecule has 3 aromatic rings. The maximum Gasteiger partial charge on any atom is 0.233 e. The van der Waals surface area contributed by atoms with Gasteiger partial charge >= 0.3 is 0 Å². The van der Waals surface area contributed by atoms with Gasteiger partial charge in [-0.15, -0.1) is 0 Å². The molecule has 220 valence electrons. The number of nitrogens with one attached hydrogen (secondary N) is 1. The van der Waals surface area contributed by atoms with Gasteiger partial charge in [-0.05, 0) is 70.7 Å². The van der Waals surface area contributed by atoms with Crippen molar-refractivity contribution in [1.29, 1.82) is 0 Å². The lowest BCUT2D eigenvalue weighted by atomic mass is 9.84. The van der Waals surface area contributed by atoms with Crippen molar-refractivity contribution >= 4 is 27.2 Å². The van der Waals surface area contributed by atoms with Gasteiger partial charge in [-0.25, -0.2) is 18.4 Å². The summed E-state index contributed by atoms with van der Waals surface area (Å²) < 4.78 is 37.1. The number of aliphatic imine (C=N–C) groups is 2. The maximum absolute atomic E-state index is 13.7. The van der Waals surface area contributed by atoms with Crippen LogP contribution in [-0.2, 0) is 28.4 Å². The van der Waals surface area contributed by atoms with Crippen molar-refractivity contribution in [2.45, 2.75) is 83.5 Å². The van der Waals surface area contributed by atoms with Crippen molar-refractivity contribution in [3.8, 4) is 5.88 Å². The molecule has 1 aliphatic heterocycles. The fourth-order valence-corrected chi connectivity index (χ4v) is 7.54. The van der Waals surface area contributed by atoms with Gasteiger partial charge in [0.15, 0.2) is 28.0 Å². The predicted octanol–water partition coefficient (Wildman–Crippen LogP) is 4.27. The number of hydrogen-bond acceptors (Lipinski definition) is 10. The molecule has 2 aromatic heterocycles. The summed E-state index contributed by atoms with van der Waals surface area (Å²) in [6, 6.07) is 7.58. The third-order valence-electron chi connectivity index (χ3n) is 7.74. The Bertz CT molecular complexity index is 1610. The fraction of sp³-hybridized carbons (Fsp3) is 0.483. The summed E-state index contributed by atoms with van der Waals surface area (Å²) in [4.78, 5) is 18.5. The zero-order chi connectivity index (χ0) is 30.2. The molecule has 0 bridgehead atoms. The standard InChI is InChI=1S/C29H39N7O4S/c1-9-22-25(32-15-24(34-22)39-16-20-13-18(4)36-40-20)26(31-8)33-19-12-11-17(3)21(14-19)29(7)23(10-2)41(37,38)28(5,6)27(30)35-29/h11-15,23H,9-10,16H2,1-8H3,(H2,30,35)(H,31,33). The molecule has 4 rings (SSSR count). The molecular formula is C29H39N7O4S. The summed E-state index contributed by atoms with van der Waals surface area (Å²) in [6.07, 6.45) is 2.54. The molecule has 2 unspecified atom stereocenters. The molecule has 11 nitrogen and oxygen atoms in total. The Hall–Kier alpha value is -3.80. The van der Waals surface area contributed by atoms with Crippen molar-refractivity contribution in [1.82, 2.24) is 15.1 Å². The van der Waals surface area contributed by atoms with Crippen molar-refractivity contribution < 1.29 is 17.7 Å². The molecule has 0 saturated carbocycles. The van der Waals surface area contributed by atoms with E-state index in [1.54, 1.807) is 33.2 Å². The van der Waals surface area contributed by atoms with Crippen molar-refractivity contribution in [2.75, 3.05) is 12.4 Å².